The predicted molar refractivity (Wildman–Crippen MR) is 111 cm³/mol. The molecule has 0 aromatic rings. The van der Waals surface area contributed by atoms with Gasteiger partial charge in [-0.25, -0.2) is 5.01 Å². The summed E-state index contributed by atoms with van der Waals surface area (Å²) in [7, 11) is 1.69. The molecule has 8 atom stereocenters. The molecule has 28 heavy (non-hydrogen) atoms. The minimum Gasteiger partial charge on any atom is -0.393 e. The summed E-state index contributed by atoms with van der Waals surface area (Å²) >= 11 is 0. The molecule has 0 bridgehead atoms. The molecule has 6 nitrogen and oxygen atoms in total. The van der Waals surface area contributed by atoms with E-state index in [1.807, 2.05) is 6.21 Å². The molecule has 0 spiro atoms. The molecule has 4 aliphatic carbocycles. The van der Waals surface area contributed by atoms with Crippen LogP contribution >= 0.6 is 0 Å². The summed E-state index contributed by atoms with van der Waals surface area (Å²) in [6.07, 6.45) is 11.0. The van der Waals surface area contributed by atoms with Crippen LogP contribution in [0.5, 0.6) is 0 Å². The van der Waals surface area contributed by atoms with Crippen LogP contribution in [-0.2, 0) is 0 Å². The monoisotopic (exact) mass is 390 g/mol. The molecule has 3 unspecified atom stereocenters. The van der Waals surface area contributed by atoms with E-state index in [0.717, 1.165) is 51.4 Å². The fraction of sp³-hybridized carbons (Fsp3) is 0.909. The van der Waals surface area contributed by atoms with E-state index in [0.29, 0.717) is 17.8 Å². The number of nitrogens with zero attached hydrogens (tertiary/aromatic N) is 2. The highest BCUT2D eigenvalue weighted by Gasteiger charge is 2.66. The Morgan fingerprint density at radius 2 is 1.86 bits per heavy atom. The molecule has 5 N–H and O–H groups in total. The predicted octanol–water partition coefficient (Wildman–Crippen LogP) is 2.93. The average Bonchev–Trinajstić information content (AvgIpc) is 2.91. The first kappa shape index (κ1) is 20.1. The van der Waals surface area contributed by atoms with Crippen molar-refractivity contribution in [2.45, 2.75) is 83.3 Å². The molecule has 4 rings (SSSR count). The third-order valence-corrected chi connectivity index (χ3v) is 9.66. The number of nitrogens with two attached hydrogens (primary N) is 1. The molecule has 158 valence electrons. The van der Waals surface area contributed by atoms with Crippen molar-refractivity contribution in [3.8, 4) is 0 Å². The van der Waals surface area contributed by atoms with Crippen LogP contribution in [0.3, 0.4) is 0 Å². The van der Waals surface area contributed by atoms with Crippen molar-refractivity contribution in [1.29, 1.82) is 5.41 Å². The second-order valence-electron chi connectivity index (χ2n) is 10.6. The van der Waals surface area contributed by atoms with Gasteiger partial charge in [0.25, 0.3) is 0 Å². The normalized spacial score (nSPS) is 50.7. The molecule has 0 heterocycles. The Bertz CT molecular complexity index is 669. The van der Waals surface area contributed by atoms with Crippen molar-refractivity contribution in [2.24, 2.45) is 45.3 Å². The maximum Gasteiger partial charge on any atom is 0.208 e. The Morgan fingerprint density at radius 3 is 2.57 bits per heavy atom. The van der Waals surface area contributed by atoms with Crippen molar-refractivity contribution >= 4 is 12.2 Å². The van der Waals surface area contributed by atoms with E-state index in [1.165, 1.54) is 11.4 Å². The van der Waals surface area contributed by atoms with Gasteiger partial charge in [-0.15, -0.1) is 0 Å². The first-order valence-corrected chi connectivity index (χ1v) is 11.1. The molecule has 4 saturated carbocycles. The van der Waals surface area contributed by atoms with E-state index in [1.54, 1.807) is 7.05 Å². The molecule has 0 aromatic heterocycles. The van der Waals surface area contributed by atoms with Gasteiger partial charge in [-0.1, -0.05) is 13.8 Å². The Hall–Kier alpha value is -1.14. The number of hydrogen-bond donors (Lipinski definition) is 4. The summed E-state index contributed by atoms with van der Waals surface area (Å²) in [6, 6.07) is 0. The van der Waals surface area contributed by atoms with Gasteiger partial charge in [0.1, 0.15) is 0 Å². The van der Waals surface area contributed by atoms with Gasteiger partial charge < -0.3 is 15.9 Å². The SMILES string of the molecule is CN(/N=C/C1CC[C@@]2(O)[C@@H]3CCC4CC(O)CC[C@]4(C)[C@@H]3CC[C@]12C)C(=N)N. The first-order chi connectivity index (χ1) is 13.1. The second kappa shape index (κ2) is 6.69. The molecule has 4 fully saturated rings. The molecule has 4 aliphatic rings. The van der Waals surface area contributed by atoms with Crippen molar-refractivity contribution in [2.75, 3.05) is 7.05 Å². The van der Waals surface area contributed by atoms with Crippen molar-refractivity contribution in [3.05, 3.63) is 0 Å². The fourth-order valence-electron chi connectivity index (χ4n) is 7.73. The summed E-state index contributed by atoms with van der Waals surface area (Å²) < 4.78 is 0. The van der Waals surface area contributed by atoms with E-state index in [9.17, 15) is 10.2 Å². The van der Waals surface area contributed by atoms with Gasteiger partial charge in [0.2, 0.25) is 5.96 Å². The third-order valence-electron chi connectivity index (χ3n) is 9.66. The molecule has 0 aromatic carbocycles. The smallest absolute Gasteiger partial charge is 0.208 e. The van der Waals surface area contributed by atoms with Crippen LogP contribution in [0.15, 0.2) is 5.10 Å². The zero-order chi connectivity index (χ0) is 20.3. The molecule has 0 radical (unpaired) electrons. The van der Waals surface area contributed by atoms with E-state index in [4.69, 9.17) is 11.1 Å². The lowest BCUT2D eigenvalue weighted by molar-refractivity contribution is -0.206. The Morgan fingerprint density at radius 1 is 1.11 bits per heavy atom. The Kier molecular flexibility index (Phi) is 4.82. The van der Waals surface area contributed by atoms with Crippen molar-refractivity contribution < 1.29 is 10.2 Å². The number of rotatable bonds is 2. The topological polar surface area (TPSA) is 106 Å². The van der Waals surface area contributed by atoms with Crippen LogP contribution < -0.4 is 5.73 Å². The molecule has 0 aliphatic heterocycles. The lowest BCUT2D eigenvalue weighted by atomic mass is 9.43. The van der Waals surface area contributed by atoms with Gasteiger partial charge in [-0.2, -0.15) is 5.10 Å². The van der Waals surface area contributed by atoms with Crippen molar-refractivity contribution in [1.82, 2.24) is 5.01 Å². The summed E-state index contributed by atoms with van der Waals surface area (Å²) in [5.74, 6) is 1.68. The van der Waals surface area contributed by atoms with Crippen LogP contribution in [0, 0.1) is 39.9 Å². The summed E-state index contributed by atoms with van der Waals surface area (Å²) in [5, 5.41) is 35.5. The zero-order valence-electron chi connectivity index (χ0n) is 17.7. The highest BCUT2D eigenvalue weighted by molar-refractivity contribution is 5.75. The van der Waals surface area contributed by atoms with Gasteiger partial charge in [-0.3, -0.25) is 5.41 Å². The molecule has 6 heteroatoms. The van der Waals surface area contributed by atoms with Crippen LogP contribution in [0.2, 0.25) is 0 Å². The first-order valence-electron chi connectivity index (χ1n) is 11.1. The molecular weight excluding hydrogens is 352 g/mol. The highest BCUT2D eigenvalue weighted by Crippen LogP contribution is 2.68. The van der Waals surface area contributed by atoms with E-state index in [-0.39, 0.29) is 28.8 Å². The zero-order valence-corrected chi connectivity index (χ0v) is 17.7. The number of hydrogen-bond acceptors (Lipinski definition) is 4. The number of fused-ring (bicyclic) bond motifs is 5. The van der Waals surface area contributed by atoms with Crippen LogP contribution in [0.4, 0.5) is 0 Å². The maximum absolute atomic E-state index is 12.1. The fourth-order valence-corrected chi connectivity index (χ4v) is 7.73. The number of aliphatic hydroxyl groups is 2. The van der Waals surface area contributed by atoms with Crippen LogP contribution in [0.25, 0.3) is 0 Å². The number of aliphatic hydroxyl groups excluding tert-OH is 1. The largest absolute Gasteiger partial charge is 0.393 e. The summed E-state index contributed by atoms with van der Waals surface area (Å²) in [6.45, 7) is 4.71. The Balaban J connectivity index is 1.59. The van der Waals surface area contributed by atoms with Crippen LogP contribution in [0.1, 0.15) is 71.6 Å². The second-order valence-corrected chi connectivity index (χ2v) is 10.6. The standard InChI is InChI=1S/C22H38N4O2/c1-20-9-7-16(27)12-14(20)4-5-18-17(20)8-10-21(2)15(6-11-22(18,21)28)13-25-26(3)19(23)24/h13-18,27-28H,4-12H2,1-3H3,(H3,23,24)/b25-13+/t14?,15?,16?,17-,18-,20+,21-,22-/m1/s1. The molecule has 0 saturated heterocycles. The molecular formula is C22H38N4O2. The van der Waals surface area contributed by atoms with Crippen LogP contribution in [-0.4, -0.2) is 46.1 Å². The minimum atomic E-state index is -0.633. The third kappa shape index (κ3) is 2.74. The number of hydrazone groups is 1. The van der Waals surface area contributed by atoms with Gasteiger partial charge >= 0.3 is 0 Å². The highest BCUT2D eigenvalue weighted by atomic mass is 16.3. The average molecular weight is 391 g/mol. The van der Waals surface area contributed by atoms with E-state index < -0.39 is 5.60 Å². The minimum absolute atomic E-state index is 0.0656. The lowest BCUT2D eigenvalue weighted by Crippen LogP contribution is -2.62. The van der Waals surface area contributed by atoms with Crippen molar-refractivity contribution in [3.63, 3.8) is 0 Å². The summed E-state index contributed by atoms with van der Waals surface area (Å²) in [4.78, 5) is 0. The quantitative estimate of drug-likeness (QED) is 0.330. The number of nitrogens with one attached hydrogen (secondary N) is 1. The maximum atomic E-state index is 12.1. The van der Waals surface area contributed by atoms with Gasteiger partial charge in [0.15, 0.2) is 0 Å². The van der Waals surface area contributed by atoms with Gasteiger partial charge in [0.05, 0.1) is 11.7 Å². The molecule has 0 amide bonds. The van der Waals surface area contributed by atoms with E-state index >= 15 is 0 Å². The van der Waals surface area contributed by atoms with Gasteiger partial charge in [-0.05, 0) is 81.0 Å². The number of guanidine groups is 1. The Labute approximate surface area is 169 Å². The van der Waals surface area contributed by atoms with E-state index in [2.05, 4.69) is 18.9 Å². The summed E-state index contributed by atoms with van der Waals surface area (Å²) in [5.41, 5.74) is 4.98. The van der Waals surface area contributed by atoms with Gasteiger partial charge in [0, 0.05) is 24.6 Å². The lowest BCUT2D eigenvalue weighted by Gasteiger charge is -2.63.